The van der Waals surface area contributed by atoms with Gasteiger partial charge in [0, 0.05) is 24.6 Å². The summed E-state index contributed by atoms with van der Waals surface area (Å²) < 4.78 is 30.1. The fraction of sp³-hybridized carbons (Fsp3) is 0.444. The number of hydrogen-bond donors (Lipinski definition) is 1. The van der Waals surface area contributed by atoms with Gasteiger partial charge < -0.3 is 5.32 Å². The van der Waals surface area contributed by atoms with E-state index >= 15 is 0 Å². The highest BCUT2D eigenvalue weighted by Crippen LogP contribution is 2.30. The van der Waals surface area contributed by atoms with Crippen LogP contribution in [-0.4, -0.2) is 30.1 Å². The van der Waals surface area contributed by atoms with E-state index in [1.54, 1.807) is 0 Å². The van der Waals surface area contributed by atoms with Crippen molar-refractivity contribution in [1.29, 1.82) is 0 Å². The van der Waals surface area contributed by atoms with Gasteiger partial charge in [0.25, 0.3) is 12.3 Å². The van der Waals surface area contributed by atoms with Crippen LogP contribution < -0.4 is 5.32 Å². The van der Waals surface area contributed by atoms with Crippen molar-refractivity contribution in [3.63, 3.8) is 0 Å². The van der Waals surface area contributed by atoms with E-state index in [0.29, 0.717) is 0 Å². The van der Waals surface area contributed by atoms with Gasteiger partial charge in [0.05, 0.1) is 17.9 Å². The Balaban J connectivity index is 1.68. The topological polar surface area (TPSA) is 77.1 Å². The Bertz CT molecular complexity index is 993. The van der Waals surface area contributed by atoms with Crippen LogP contribution in [0.15, 0.2) is 24.8 Å². The first-order valence-corrected chi connectivity index (χ1v) is 8.94. The summed E-state index contributed by atoms with van der Waals surface area (Å²) in [5, 5.41) is 7.50. The number of imidazole rings is 1. The maximum atomic E-state index is 13.4. The van der Waals surface area contributed by atoms with Crippen molar-refractivity contribution < 1.29 is 13.6 Å². The van der Waals surface area contributed by atoms with Crippen LogP contribution in [0.3, 0.4) is 0 Å². The first-order valence-electron chi connectivity index (χ1n) is 8.94. The first-order chi connectivity index (χ1) is 13.0. The standard InChI is InChI=1S/C18H20F2N6O/c1-10(2)26-9-11-4-3-5-12(14(11)24-26)22-18(27)16-15(17(19)20)23-13-8-21-6-7-25(13)16/h6-10,12,17H,3-5H2,1-2H3,(H,22,27). The molecule has 1 atom stereocenters. The number of carbonyl (C=O) groups is 1. The molecule has 3 aromatic heterocycles. The van der Waals surface area contributed by atoms with Gasteiger partial charge in [-0.25, -0.2) is 13.8 Å². The summed E-state index contributed by atoms with van der Waals surface area (Å²) in [6.07, 6.45) is 5.92. The van der Waals surface area contributed by atoms with Crippen molar-refractivity contribution in [2.24, 2.45) is 0 Å². The predicted octanol–water partition coefficient (Wildman–Crippen LogP) is 3.25. The molecule has 1 N–H and O–H groups in total. The van der Waals surface area contributed by atoms with Gasteiger partial charge >= 0.3 is 0 Å². The molecule has 0 aromatic carbocycles. The molecular weight excluding hydrogens is 354 g/mol. The second kappa shape index (κ2) is 6.71. The van der Waals surface area contributed by atoms with Crippen LogP contribution in [0.1, 0.15) is 72.6 Å². The van der Waals surface area contributed by atoms with Crippen LogP contribution in [-0.2, 0) is 6.42 Å². The van der Waals surface area contributed by atoms with E-state index in [9.17, 15) is 13.6 Å². The third-order valence-corrected chi connectivity index (χ3v) is 4.82. The molecule has 1 unspecified atom stereocenters. The van der Waals surface area contributed by atoms with E-state index in [4.69, 9.17) is 0 Å². The Hall–Kier alpha value is -2.84. The number of nitrogens with one attached hydrogen (secondary N) is 1. The van der Waals surface area contributed by atoms with E-state index in [1.165, 1.54) is 23.0 Å². The maximum absolute atomic E-state index is 13.4. The molecule has 0 saturated heterocycles. The third kappa shape index (κ3) is 3.07. The van der Waals surface area contributed by atoms with Crippen molar-refractivity contribution in [1.82, 2.24) is 29.5 Å². The summed E-state index contributed by atoms with van der Waals surface area (Å²) in [5.41, 5.74) is 1.43. The number of halogens is 2. The van der Waals surface area contributed by atoms with Gasteiger partial charge in [0.2, 0.25) is 0 Å². The number of alkyl halides is 2. The van der Waals surface area contributed by atoms with E-state index in [2.05, 4.69) is 20.4 Å². The average molecular weight is 374 g/mol. The van der Waals surface area contributed by atoms with E-state index in [-0.39, 0.29) is 23.4 Å². The smallest absolute Gasteiger partial charge is 0.282 e. The van der Waals surface area contributed by atoms with Crippen molar-refractivity contribution in [3.8, 4) is 0 Å². The molecule has 4 rings (SSSR count). The summed E-state index contributed by atoms with van der Waals surface area (Å²) in [6.45, 7) is 4.07. The molecular formula is C18H20F2N6O. The van der Waals surface area contributed by atoms with Crippen LogP contribution in [0, 0.1) is 0 Å². The highest BCUT2D eigenvalue weighted by Gasteiger charge is 2.30. The molecule has 142 valence electrons. The number of amides is 1. The lowest BCUT2D eigenvalue weighted by Crippen LogP contribution is -2.32. The number of hydrogen-bond acceptors (Lipinski definition) is 4. The lowest BCUT2D eigenvalue weighted by atomic mass is 9.93. The Morgan fingerprint density at radius 1 is 1.37 bits per heavy atom. The molecule has 0 bridgehead atoms. The zero-order valence-corrected chi connectivity index (χ0v) is 15.1. The Morgan fingerprint density at radius 2 is 2.19 bits per heavy atom. The SMILES string of the molecule is CC(C)n1cc2c(n1)C(NC(=O)c1c(C(F)F)nc3cnccn13)CCC2. The Labute approximate surface area is 154 Å². The van der Waals surface area contributed by atoms with Crippen LogP contribution in [0.2, 0.25) is 0 Å². The van der Waals surface area contributed by atoms with Crippen LogP contribution in [0.5, 0.6) is 0 Å². The number of nitrogens with zero attached hydrogens (tertiary/aromatic N) is 5. The van der Waals surface area contributed by atoms with Crippen molar-refractivity contribution >= 4 is 11.6 Å². The van der Waals surface area contributed by atoms with Gasteiger partial charge in [-0.05, 0) is 38.7 Å². The molecule has 0 fully saturated rings. The first kappa shape index (κ1) is 17.6. The number of carbonyl (C=O) groups excluding carboxylic acids is 1. The van der Waals surface area contributed by atoms with Gasteiger partial charge in [-0.2, -0.15) is 5.10 Å². The summed E-state index contributed by atoms with van der Waals surface area (Å²) >= 11 is 0. The number of aryl methyl sites for hydroxylation is 1. The van der Waals surface area contributed by atoms with Gasteiger partial charge in [-0.15, -0.1) is 0 Å². The minimum absolute atomic E-state index is 0.155. The summed E-state index contributed by atoms with van der Waals surface area (Å²) in [7, 11) is 0. The Kier molecular flexibility index (Phi) is 4.37. The molecule has 1 amide bonds. The lowest BCUT2D eigenvalue weighted by Gasteiger charge is -2.22. The van der Waals surface area contributed by atoms with Gasteiger partial charge in [-0.3, -0.25) is 18.9 Å². The van der Waals surface area contributed by atoms with Crippen molar-refractivity contribution in [2.45, 2.75) is 51.6 Å². The van der Waals surface area contributed by atoms with Crippen LogP contribution in [0.4, 0.5) is 8.78 Å². The molecule has 7 nitrogen and oxygen atoms in total. The molecule has 0 aliphatic heterocycles. The maximum Gasteiger partial charge on any atom is 0.282 e. The molecule has 27 heavy (non-hydrogen) atoms. The Morgan fingerprint density at radius 3 is 2.93 bits per heavy atom. The number of aromatic nitrogens is 5. The normalized spacial score (nSPS) is 16.9. The monoisotopic (exact) mass is 374 g/mol. The highest BCUT2D eigenvalue weighted by atomic mass is 19.3. The summed E-state index contributed by atoms with van der Waals surface area (Å²) in [6, 6.07) is -0.0946. The van der Waals surface area contributed by atoms with E-state index in [1.807, 2.05) is 24.7 Å². The second-order valence-corrected chi connectivity index (χ2v) is 6.98. The number of rotatable bonds is 4. The van der Waals surface area contributed by atoms with Crippen molar-refractivity contribution in [2.75, 3.05) is 0 Å². The fourth-order valence-corrected chi connectivity index (χ4v) is 3.50. The predicted molar refractivity (Wildman–Crippen MR) is 93.7 cm³/mol. The van der Waals surface area contributed by atoms with Crippen molar-refractivity contribution in [3.05, 3.63) is 47.4 Å². The molecule has 0 radical (unpaired) electrons. The lowest BCUT2D eigenvalue weighted by molar-refractivity contribution is 0.0910. The average Bonchev–Trinajstić information content (AvgIpc) is 3.24. The number of fused-ring (bicyclic) bond motifs is 2. The van der Waals surface area contributed by atoms with Gasteiger partial charge in [0.15, 0.2) is 5.65 Å². The van der Waals surface area contributed by atoms with Crippen LogP contribution >= 0.6 is 0 Å². The van der Waals surface area contributed by atoms with E-state index in [0.717, 1.165) is 30.5 Å². The summed E-state index contributed by atoms with van der Waals surface area (Å²) in [5.74, 6) is -0.582. The molecule has 1 aliphatic rings. The van der Waals surface area contributed by atoms with Gasteiger partial charge in [-0.1, -0.05) is 0 Å². The molecule has 0 spiro atoms. The molecule has 1 aliphatic carbocycles. The minimum Gasteiger partial charge on any atom is -0.342 e. The fourth-order valence-electron chi connectivity index (χ4n) is 3.50. The van der Waals surface area contributed by atoms with Gasteiger partial charge in [0.1, 0.15) is 11.4 Å². The quantitative estimate of drug-likeness (QED) is 0.760. The second-order valence-electron chi connectivity index (χ2n) is 6.98. The largest absolute Gasteiger partial charge is 0.342 e. The van der Waals surface area contributed by atoms with Crippen LogP contribution in [0.25, 0.3) is 5.65 Å². The minimum atomic E-state index is -2.85. The molecule has 0 saturated carbocycles. The van der Waals surface area contributed by atoms with E-state index < -0.39 is 18.0 Å². The highest BCUT2D eigenvalue weighted by molar-refractivity contribution is 5.95. The zero-order valence-electron chi connectivity index (χ0n) is 15.1. The molecule has 3 heterocycles. The summed E-state index contributed by atoms with van der Waals surface area (Å²) in [4.78, 5) is 20.6. The zero-order chi connectivity index (χ0) is 19.1. The molecule has 9 heteroatoms. The third-order valence-electron chi connectivity index (χ3n) is 4.82. The molecule has 3 aromatic rings.